The van der Waals surface area contributed by atoms with Crippen LogP contribution in [0.1, 0.15) is 36.3 Å². The number of allylic oxidation sites excluding steroid dienone is 2. The lowest BCUT2D eigenvalue weighted by molar-refractivity contribution is -0.116. The molecule has 3 aromatic rings. The summed E-state index contributed by atoms with van der Waals surface area (Å²) in [5, 5.41) is 16.9. The lowest BCUT2D eigenvalue weighted by Gasteiger charge is -2.31. The predicted molar refractivity (Wildman–Crippen MR) is 119 cm³/mol. The number of rotatable bonds is 4. The number of aromatic nitrogens is 2. The number of aromatic hydroxyl groups is 1. The van der Waals surface area contributed by atoms with Crippen LogP contribution in [0, 0.1) is 0 Å². The van der Waals surface area contributed by atoms with Gasteiger partial charge in [-0.2, -0.15) is 0 Å². The van der Waals surface area contributed by atoms with E-state index in [1.54, 1.807) is 12.1 Å². The van der Waals surface area contributed by atoms with Gasteiger partial charge in [0.25, 0.3) is 5.56 Å². The summed E-state index contributed by atoms with van der Waals surface area (Å²) in [5.74, 6) is 0.238. The molecule has 164 valence electrons. The average molecular weight is 433 g/mol. The molecule has 3 N–H and O–H groups in total. The summed E-state index contributed by atoms with van der Waals surface area (Å²) in [5.41, 5.74) is 2.91. The first kappa shape index (κ1) is 20.0. The van der Waals surface area contributed by atoms with Crippen LogP contribution in [0.5, 0.6) is 17.2 Å². The maximum Gasteiger partial charge on any atom is 0.277 e. The molecule has 1 atom stereocenters. The van der Waals surface area contributed by atoms with Crippen molar-refractivity contribution in [2.24, 2.45) is 0 Å². The summed E-state index contributed by atoms with van der Waals surface area (Å²) in [7, 11) is 2.89. The molecule has 2 aromatic carbocycles. The highest BCUT2D eigenvalue weighted by atomic mass is 16.5. The highest BCUT2D eigenvalue weighted by Gasteiger charge is 2.39. The third-order valence-corrected chi connectivity index (χ3v) is 6.09. The molecule has 0 bridgehead atoms. The van der Waals surface area contributed by atoms with Gasteiger partial charge >= 0.3 is 0 Å². The van der Waals surface area contributed by atoms with Gasteiger partial charge in [-0.15, -0.1) is 0 Å². The van der Waals surface area contributed by atoms with Crippen molar-refractivity contribution in [2.75, 3.05) is 19.5 Å². The lowest BCUT2D eigenvalue weighted by atomic mass is 9.76. The fraction of sp³-hybridized carbons (Fsp3) is 0.250. The van der Waals surface area contributed by atoms with Gasteiger partial charge in [-0.3, -0.25) is 14.7 Å². The molecule has 0 amide bonds. The smallest absolute Gasteiger partial charge is 0.277 e. The van der Waals surface area contributed by atoms with Crippen LogP contribution >= 0.6 is 0 Å². The van der Waals surface area contributed by atoms with Gasteiger partial charge < -0.3 is 19.9 Å². The first-order valence-corrected chi connectivity index (χ1v) is 10.4. The fourth-order valence-electron chi connectivity index (χ4n) is 4.61. The number of anilines is 1. The molecule has 1 aromatic heterocycles. The number of phenolic OH excluding ortho intramolecular Hbond substituents is 1. The molecule has 0 radical (unpaired) electrons. The number of para-hydroxylation sites is 1. The molecule has 8 heteroatoms. The summed E-state index contributed by atoms with van der Waals surface area (Å²) < 4.78 is 12.1. The normalized spacial score (nSPS) is 17.4. The van der Waals surface area contributed by atoms with Crippen LogP contribution in [0.3, 0.4) is 0 Å². The quantitative estimate of drug-likeness (QED) is 0.582. The Morgan fingerprint density at radius 1 is 1.03 bits per heavy atom. The number of aromatic amines is 1. The summed E-state index contributed by atoms with van der Waals surface area (Å²) in [6.45, 7) is 0. The number of Topliss-reactive ketones (excluding diaryl/α,β-unsaturated/α-hetero) is 1. The Balaban J connectivity index is 1.78. The van der Waals surface area contributed by atoms with Gasteiger partial charge in [-0.25, -0.2) is 4.68 Å². The Hall–Kier alpha value is -3.94. The number of benzene rings is 2. The SMILES string of the molecule is COc1cc([C@@H]2C3=C(CCCC3=O)Nc3[nH]n(-c4ccccc4)c(=O)c32)cc(OC)c1O. The van der Waals surface area contributed by atoms with Gasteiger partial charge in [-0.05, 0) is 42.7 Å². The van der Waals surface area contributed by atoms with Crippen molar-refractivity contribution < 1.29 is 19.4 Å². The molecule has 0 spiro atoms. The van der Waals surface area contributed by atoms with Gasteiger partial charge in [0.05, 0.1) is 25.5 Å². The van der Waals surface area contributed by atoms with Crippen molar-refractivity contribution in [1.82, 2.24) is 9.78 Å². The van der Waals surface area contributed by atoms with Crippen molar-refractivity contribution in [3.05, 3.63) is 75.2 Å². The number of nitrogens with zero attached hydrogens (tertiary/aromatic N) is 1. The van der Waals surface area contributed by atoms with Gasteiger partial charge in [0, 0.05) is 23.6 Å². The number of ether oxygens (including phenoxy) is 2. The molecule has 8 nitrogen and oxygen atoms in total. The maximum absolute atomic E-state index is 13.6. The topological polar surface area (TPSA) is 106 Å². The molecule has 32 heavy (non-hydrogen) atoms. The minimum atomic E-state index is -0.619. The van der Waals surface area contributed by atoms with E-state index in [0.717, 1.165) is 12.1 Å². The van der Waals surface area contributed by atoms with Crippen molar-refractivity contribution >= 4 is 11.6 Å². The highest BCUT2D eigenvalue weighted by molar-refractivity contribution is 6.01. The molecule has 1 aliphatic heterocycles. The second kappa shape index (κ2) is 7.64. The van der Waals surface area contributed by atoms with E-state index >= 15 is 0 Å². The van der Waals surface area contributed by atoms with E-state index in [-0.39, 0.29) is 28.6 Å². The third-order valence-electron chi connectivity index (χ3n) is 6.09. The number of nitrogens with one attached hydrogen (secondary N) is 2. The minimum absolute atomic E-state index is 0.00673. The number of phenols is 1. The summed E-state index contributed by atoms with van der Waals surface area (Å²) in [6, 6.07) is 12.6. The fourth-order valence-corrected chi connectivity index (χ4v) is 4.61. The van der Waals surface area contributed by atoms with Gasteiger partial charge in [0.15, 0.2) is 17.3 Å². The van der Waals surface area contributed by atoms with Crippen molar-refractivity contribution in [3.8, 4) is 22.9 Å². The molecule has 0 unspecified atom stereocenters. The number of hydrogen-bond acceptors (Lipinski definition) is 6. The molecule has 1 aliphatic carbocycles. The van der Waals surface area contributed by atoms with Crippen molar-refractivity contribution in [1.29, 1.82) is 0 Å². The van der Waals surface area contributed by atoms with Crippen molar-refractivity contribution in [2.45, 2.75) is 25.2 Å². The van der Waals surface area contributed by atoms with E-state index in [2.05, 4.69) is 10.4 Å². The molecule has 5 rings (SSSR count). The second-order valence-corrected chi connectivity index (χ2v) is 7.88. The molecular formula is C24H23N3O5. The molecule has 0 fully saturated rings. The van der Waals surface area contributed by atoms with E-state index in [0.29, 0.717) is 41.0 Å². The van der Waals surface area contributed by atoms with E-state index < -0.39 is 5.92 Å². The van der Waals surface area contributed by atoms with E-state index in [9.17, 15) is 14.7 Å². The molecule has 2 heterocycles. The first-order valence-electron chi connectivity index (χ1n) is 10.4. The lowest BCUT2D eigenvalue weighted by Crippen LogP contribution is -2.30. The highest BCUT2D eigenvalue weighted by Crippen LogP contribution is 2.47. The predicted octanol–water partition coefficient (Wildman–Crippen LogP) is 3.45. The van der Waals surface area contributed by atoms with Crippen molar-refractivity contribution in [3.63, 3.8) is 0 Å². The number of carbonyl (C=O) groups excluding carboxylic acids is 1. The number of fused-ring (bicyclic) bond motifs is 1. The van der Waals surface area contributed by atoms with Crippen LogP contribution in [0.2, 0.25) is 0 Å². The molecular weight excluding hydrogens is 410 g/mol. The van der Waals surface area contributed by atoms with Gasteiger partial charge in [-0.1, -0.05) is 18.2 Å². The summed E-state index contributed by atoms with van der Waals surface area (Å²) in [4.78, 5) is 26.7. The monoisotopic (exact) mass is 433 g/mol. The van der Waals surface area contributed by atoms with Crippen LogP contribution in [-0.2, 0) is 4.79 Å². The third kappa shape index (κ3) is 2.98. The van der Waals surface area contributed by atoms with Crippen LogP contribution in [-0.4, -0.2) is 34.9 Å². The Morgan fingerprint density at radius 3 is 2.38 bits per heavy atom. The van der Waals surface area contributed by atoms with Crippen LogP contribution < -0.4 is 20.3 Å². The van der Waals surface area contributed by atoms with Gasteiger partial charge in [0.1, 0.15) is 5.82 Å². The Bertz CT molecular complexity index is 1280. The minimum Gasteiger partial charge on any atom is -0.502 e. The number of hydrogen-bond donors (Lipinski definition) is 3. The standard InChI is InChI=1S/C24H23N3O5/c1-31-17-11-13(12-18(32-2)22(17)29)19-20-15(9-6-10-16(20)28)25-23-21(19)24(30)27(26-23)14-7-4-3-5-8-14/h3-5,7-8,11-12,19,25-26,29H,6,9-10H2,1-2H3/t19-/m1/s1. The Morgan fingerprint density at radius 2 is 1.72 bits per heavy atom. The number of ketones is 1. The Labute approximate surface area is 184 Å². The summed E-state index contributed by atoms with van der Waals surface area (Å²) >= 11 is 0. The second-order valence-electron chi connectivity index (χ2n) is 7.88. The first-order chi connectivity index (χ1) is 15.5. The van der Waals surface area contributed by atoms with Crippen LogP contribution in [0.4, 0.5) is 5.82 Å². The number of carbonyl (C=O) groups is 1. The Kier molecular flexibility index (Phi) is 4.77. The zero-order chi connectivity index (χ0) is 22.4. The summed E-state index contributed by atoms with van der Waals surface area (Å²) in [6.07, 6.45) is 1.89. The molecule has 0 saturated carbocycles. The zero-order valence-electron chi connectivity index (χ0n) is 17.8. The largest absolute Gasteiger partial charge is 0.502 e. The number of methoxy groups -OCH3 is 2. The van der Waals surface area contributed by atoms with E-state index in [1.807, 2.05) is 30.3 Å². The molecule has 2 aliphatic rings. The van der Waals surface area contributed by atoms with Crippen LogP contribution in [0.25, 0.3) is 5.69 Å². The molecule has 0 saturated heterocycles. The maximum atomic E-state index is 13.6. The van der Waals surface area contributed by atoms with E-state index in [4.69, 9.17) is 9.47 Å². The van der Waals surface area contributed by atoms with Gasteiger partial charge in [0.2, 0.25) is 5.75 Å². The van der Waals surface area contributed by atoms with Crippen LogP contribution in [0.15, 0.2) is 58.5 Å². The van der Waals surface area contributed by atoms with E-state index in [1.165, 1.54) is 18.9 Å². The zero-order valence-corrected chi connectivity index (χ0v) is 17.8. The average Bonchev–Trinajstić information content (AvgIpc) is 3.14. The number of H-pyrrole nitrogens is 1.